The standard InChI is InChI=1S/C23H23N3O7S/c1-15(33-23(29)20-14-16-4-2-3-5-19(16)22(28)25-20)21(27)24-17-6-8-18(9-7-17)34(30,31)26-10-12-32-13-11-26/h2-9,14-15H,10-13H2,1H3,(H,24,27)(H,25,28)/t15-/m1/s1. The molecule has 4 rings (SSSR count). The number of fused-ring (bicyclic) bond motifs is 1. The van der Waals surface area contributed by atoms with Gasteiger partial charge in [0, 0.05) is 24.2 Å². The number of benzene rings is 2. The average Bonchev–Trinajstić information content (AvgIpc) is 2.84. The lowest BCUT2D eigenvalue weighted by Gasteiger charge is -2.26. The first-order valence-electron chi connectivity index (χ1n) is 10.6. The zero-order valence-electron chi connectivity index (χ0n) is 18.3. The third-order valence-corrected chi connectivity index (χ3v) is 7.27. The minimum Gasteiger partial charge on any atom is -0.448 e. The first-order valence-corrected chi connectivity index (χ1v) is 12.0. The number of nitrogens with one attached hydrogen (secondary N) is 2. The van der Waals surface area contributed by atoms with E-state index >= 15 is 0 Å². The Kier molecular flexibility index (Phi) is 6.77. The molecule has 0 spiro atoms. The van der Waals surface area contributed by atoms with Gasteiger partial charge in [-0.25, -0.2) is 13.2 Å². The summed E-state index contributed by atoms with van der Waals surface area (Å²) in [5.41, 5.74) is -0.164. The van der Waals surface area contributed by atoms with Gasteiger partial charge in [0.25, 0.3) is 11.5 Å². The molecule has 1 aliphatic heterocycles. The summed E-state index contributed by atoms with van der Waals surface area (Å²) in [4.78, 5) is 39.7. The molecule has 1 aliphatic rings. The first kappa shape index (κ1) is 23.6. The molecular formula is C23H23N3O7S. The van der Waals surface area contributed by atoms with Crippen LogP contribution in [0.25, 0.3) is 10.8 Å². The predicted molar refractivity (Wildman–Crippen MR) is 124 cm³/mol. The van der Waals surface area contributed by atoms with Crippen LogP contribution in [0.3, 0.4) is 0 Å². The van der Waals surface area contributed by atoms with E-state index in [1.165, 1.54) is 41.6 Å². The number of hydrogen-bond donors (Lipinski definition) is 2. The van der Waals surface area contributed by atoms with E-state index in [4.69, 9.17) is 9.47 Å². The van der Waals surface area contributed by atoms with Crippen molar-refractivity contribution in [1.82, 2.24) is 9.29 Å². The number of anilines is 1. The molecule has 178 valence electrons. The lowest BCUT2D eigenvalue weighted by atomic mass is 10.1. The number of aromatic nitrogens is 1. The van der Waals surface area contributed by atoms with Crippen LogP contribution in [0.5, 0.6) is 0 Å². The summed E-state index contributed by atoms with van der Waals surface area (Å²) in [6.45, 7) is 2.65. The van der Waals surface area contributed by atoms with Gasteiger partial charge >= 0.3 is 5.97 Å². The van der Waals surface area contributed by atoms with Gasteiger partial charge < -0.3 is 19.8 Å². The number of carbonyl (C=O) groups is 2. The minimum atomic E-state index is -3.65. The van der Waals surface area contributed by atoms with E-state index < -0.39 is 33.6 Å². The van der Waals surface area contributed by atoms with Crippen molar-refractivity contribution in [1.29, 1.82) is 0 Å². The van der Waals surface area contributed by atoms with Crippen LogP contribution in [0.15, 0.2) is 64.3 Å². The molecule has 0 saturated carbocycles. The van der Waals surface area contributed by atoms with Crippen molar-refractivity contribution in [3.05, 3.63) is 70.6 Å². The molecule has 2 N–H and O–H groups in total. The number of rotatable bonds is 6. The monoisotopic (exact) mass is 485 g/mol. The van der Waals surface area contributed by atoms with Gasteiger partial charge in [0.2, 0.25) is 10.0 Å². The third-order valence-electron chi connectivity index (χ3n) is 5.36. The molecule has 1 amide bonds. The number of morpholine rings is 1. The summed E-state index contributed by atoms with van der Waals surface area (Å²) in [7, 11) is -3.65. The highest BCUT2D eigenvalue weighted by molar-refractivity contribution is 7.89. The Morgan fingerprint density at radius 3 is 2.47 bits per heavy atom. The van der Waals surface area contributed by atoms with Crippen LogP contribution in [0, 0.1) is 0 Å². The maximum Gasteiger partial charge on any atom is 0.355 e. The average molecular weight is 486 g/mol. The van der Waals surface area contributed by atoms with Gasteiger partial charge in [-0.05, 0) is 48.7 Å². The van der Waals surface area contributed by atoms with E-state index in [0.717, 1.165) is 0 Å². The lowest BCUT2D eigenvalue weighted by Crippen LogP contribution is -2.40. The molecule has 1 saturated heterocycles. The number of carbonyl (C=O) groups excluding carboxylic acids is 2. The Morgan fingerprint density at radius 1 is 1.09 bits per heavy atom. The number of amides is 1. The molecule has 0 bridgehead atoms. The molecule has 1 atom stereocenters. The number of esters is 1. The Hall–Kier alpha value is -3.54. The molecule has 0 radical (unpaired) electrons. The van der Waals surface area contributed by atoms with E-state index in [2.05, 4.69) is 10.3 Å². The van der Waals surface area contributed by atoms with Crippen molar-refractivity contribution in [3.63, 3.8) is 0 Å². The summed E-state index contributed by atoms with van der Waals surface area (Å²) in [5.74, 6) is -1.46. The van der Waals surface area contributed by atoms with Gasteiger partial charge in [-0.2, -0.15) is 4.31 Å². The fourth-order valence-corrected chi connectivity index (χ4v) is 4.90. The van der Waals surface area contributed by atoms with Gasteiger partial charge in [-0.1, -0.05) is 18.2 Å². The minimum absolute atomic E-state index is 0.0685. The van der Waals surface area contributed by atoms with Gasteiger partial charge in [0.1, 0.15) is 5.69 Å². The second kappa shape index (κ2) is 9.75. The first-order chi connectivity index (χ1) is 16.3. The summed E-state index contributed by atoms with van der Waals surface area (Å²) in [6, 6.07) is 14.0. The highest BCUT2D eigenvalue weighted by Gasteiger charge is 2.26. The largest absolute Gasteiger partial charge is 0.448 e. The number of pyridine rings is 1. The van der Waals surface area contributed by atoms with Crippen LogP contribution < -0.4 is 10.9 Å². The van der Waals surface area contributed by atoms with Crippen molar-refractivity contribution < 1.29 is 27.5 Å². The Balaban J connectivity index is 1.40. The SMILES string of the molecule is C[C@@H](OC(=O)c1cc2ccccc2c(=O)[nH]1)C(=O)Nc1ccc(S(=O)(=O)N2CCOCC2)cc1. The molecule has 3 aromatic rings. The quantitative estimate of drug-likeness (QED) is 0.508. The fraction of sp³-hybridized carbons (Fsp3) is 0.261. The number of aromatic amines is 1. The van der Waals surface area contributed by atoms with Gasteiger partial charge in [-0.15, -0.1) is 0 Å². The maximum atomic E-state index is 12.7. The van der Waals surface area contributed by atoms with Crippen molar-refractivity contribution in [2.75, 3.05) is 31.6 Å². The Labute approximate surface area is 195 Å². The highest BCUT2D eigenvalue weighted by atomic mass is 32.2. The number of H-pyrrole nitrogens is 1. The molecule has 1 aromatic heterocycles. The Morgan fingerprint density at radius 2 is 1.76 bits per heavy atom. The van der Waals surface area contributed by atoms with E-state index in [-0.39, 0.29) is 23.7 Å². The van der Waals surface area contributed by atoms with E-state index in [0.29, 0.717) is 29.7 Å². The molecule has 1 fully saturated rings. The molecule has 10 nitrogen and oxygen atoms in total. The second-order valence-corrected chi connectivity index (χ2v) is 9.61. The van der Waals surface area contributed by atoms with Gasteiger partial charge in [-0.3, -0.25) is 9.59 Å². The predicted octanol–water partition coefficient (Wildman–Crippen LogP) is 1.73. The van der Waals surface area contributed by atoms with Crippen LogP contribution in [-0.4, -0.2) is 62.0 Å². The fourth-order valence-electron chi connectivity index (χ4n) is 3.49. The number of sulfonamides is 1. The smallest absolute Gasteiger partial charge is 0.355 e. The van der Waals surface area contributed by atoms with Crippen molar-refractivity contribution in [3.8, 4) is 0 Å². The lowest BCUT2D eigenvalue weighted by molar-refractivity contribution is -0.123. The molecule has 34 heavy (non-hydrogen) atoms. The third kappa shape index (κ3) is 5.01. The van der Waals surface area contributed by atoms with Crippen LogP contribution in [0.4, 0.5) is 5.69 Å². The van der Waals surface area contributed by atoms with Crippen molar-refractivity contribution in [2.45, 2.75) is 17.9 Å². The molecule has 2 heterocycles. The van der Waals surface area contributed by atoms with Crippen molar-refractivity contribution >= 4 is 38.4 Å². The highest BCUT2D eigenvalue weighted by Crippen LogP contribution is 2.20. The summed E-state index contributed by atoms with van der Waals surface area (Å²) < 4.78 is 37.1. The maximum absolute atomic E-state index is 12.7. The second-order valence-electron chi connectivity index (χ2n) is 7.68. The number of hydrogen-bond acceptors (Lipinski definition) is 7. The van der Waals surface area contributed by atoms with Crippen LogP contribution in [0.1, 0.15) is 17.4 Å². The zero-order valence-corrected chi connectivity index (χ0v) is 19.1. The summed E-state index contributed by atoms with van der Waals surface area (Å²) in [5, 5.41) is 3.59. The van der Waals surface area contributed by atoms with E-state index in [1.54, 1.807) is 24.3 Å². The summed E-state index contributed by atoms with van der Waals surface area (Å²) in [6.07, 6.45) is -1.17. The molecule has 0 aliphatic carbocycles. The van der Waals surface area contributed by atoms with Crippen LogP contribution in [-0.2, 0) is 24.3 Å². The number of ether oxygens (including phenoxy) is 2. The molecule has 2 aromatic carbocycles. The Bertz CT molecular complexity index is 1380. The zero-order chi connectivity index (χ0) is 24.3. The van der Waals surface area contributed by atoms with Crippen LogP contribution in [0.2, 0.25) is 0 Å². The summed E-state index contributed by atoms with van der Waals surface area (Å²) >= 11 is 0. The van der Waals surface area contributed by atoms with Gasteiger partial charge in [0.05, 0.1) is 18.1 Å². The molecule has 0 unspecified atom stereocenters. The van der Waals surface area contributed by atoms with Crippen LogP contribution >= 0.6 is 0 Å². The topological polar surface area (TPSA) is 135 Å². The molecular weight excluding hydrogens is 462 g/mol. The van der Waals surface area contributed by atoms with E-state index in [9.17, 15) is 22.8 Å². The molecule has 11 heteroatoms. The number of nitrogens with zero attached hydrogens (tertiary/aromatic N) is 1. The van der Waals surface area contributed by atoms with E-state index in [1.807, 2.05) is 0 Å². The van der Waals surface area contributed by atoms with Crippen molar-refractivity contribution in [2.24, 2.45) is 0 Å². The van der Waals surface area contributed by atoms with Gasteiger partial charge in [0.15, 0.2) is 6.10 Å². The normalized spacial score (nSPS) is 15.6.